The second kappa shape index (κ2) is 11.6. The van der Waals surface area contributed by atoms with Gasteiger partial charge in [0.2, 0.25) is 0 Å². The van der Waals surface area contributed by atoms with Crippen molar-refractivity contribution in [2.24, 2.45) is 5.10 Å². The van der Waals surface area contributed by atoms with Gasteiger partial charge in [-0.25, -0.2) is 13.8 Å². The third kappa shape index (κ3) is 6.21. The quantitative estimate of drug-likeness (QED) is 0.199. The van der Waals surface area contributed by atoms with E-state index in [2.05, 4.69) is 10.5 Å². The van der Waals surface area contributed by atoms with Crippen molar-refractivity contribution in [1.29, 1.82) is 0 Å². The number of hydrogen-bond donors (Lipinski definition) is 1. The zero-order valence-electron chi connectivity index (χ0n) is 21.4. The number of aryl methyl sites for hydroxylation is 1. The maximum atomic E-state index is 13.5. The molecular weight excluding hydrogens is 565 g/mol. The second-order valence-corrected chi connectivity index (χ2v) is 11.0. The minimum atomic E-state index is -4.84. The van der Waals surface area contributed by atoms with E-state index in [-0.39, 0.29) is 10.6 Å². The molecule has 0 unspecified atom stereocenters. The highest BCUT2D eigenvalue weighted by Crippen LogP contribution is 2.38. The van der Waals surface area contributed by atoms with Gasteiger partial charge in [-0.15, -0.1) is 0 Å². The number of rotatable bonds is 8. The predicted molar refractivity (Wildman–Crippen MR) is 148 cm³/mol. The fourth-order valence-electron chi connectivity index (χ4n) is 4.15. The van der Waals surface area contributed by atoms with E-state index in [1.807, 2.05) is 54.8 Å². The molecule has 0 fully saturated rings. The van der Waals surface area contributed by atoms with E-state index in [0.717, 1.165) is 29.2 Å². The van der Waals surface area contributed by atoms with Gasteiger partial charge in [0.1, 0.15) is 6.54 Å². The van der Waals surface area contributed by atoms with Gasteiger partial charge in [0.25, 0.3) is 15.9 Å². The van der Waals surface area contributed by atoms with Crippen molar-refractivity contribution in [1.82, 2.24) is 9.99 Å². The summed E-state index contributed by atoms with van der Waals surface area (Å²) in [5.41, 5.74) is 4.11. The number of hydrogen-bond acceptors (Lipinski definition) is 4. The lowest BCUT2D eigenvalue weighted by atomic mass is 10.2. The molecule has 1 N–H and O–H groups in total. The van der Waals surface area contributed by atoms with Crippen molar-refractivity contribution >= 4 is 39.4 Å². The molecule has 0 aliphatic rings. The SMILES string of the molecule is Cc1cc(/C=N\NC(=O)CN(c2ccc(Cl)c(C(F)(F)F)c2)S(=O)(=O)c2ccccc2)c(C)n1-c1ccccc1. The van der Waals surface area contributed by atoms with Crippen molar-refractivity contribution in [3.63, 3.8) is 0 Å². The van der Waals surface area contributed by atoms with E-state index in [0.29, 0.717) is 15.9 Å². The molecule has 0 aliphatic carbocycles. The van der Waals surface area contributed by atoms with Crippen LogP contribution in [0, 0.1) is 13.8 Å². The van der Waals surface area contributed by atoms with Crippen LogP contribution >= 0.6 is 11.6 Å². The predicted octanol–water partition coefficient (Wildman–Crippen LogP) is 6.11. The summed E-state index contributed by atoms with van der Waals surface area (Å²) in [6.45, 7) is 2.97. The molecule has 1 amide bonds. The minimum absolute atomic E-state index is 0.205. The Labute approximate surface area is 234 Å². The summed E-state index contributed by atoms with van der Waals surface area (Å²) in [4.78, 5) is 12.6. The minimum Gasteiger partial charge on any atom is -0.318 e. The molecule has 1 heterocycles. The Bertz CT molecular complexity index is 1660. The molecule has 208 valence electrons. The molecule has 0 radical (unpaired) electrons. The van der Waals surface area contributed by atoms with Crippen molar-refractivity contribution in [2.45, 2.75) is 24.9 Å². The van der Waals surface area contributed by atoms with Gasteiger partial charge in [-0.1, -0.05) is 48.0 Å². The van der Waals surface area contributed by atoms with Gasteiger partial charge < -0.3 is 4.57 Å². The van der Waals surface area contributed by atoms with Gasteiger partial charge in [0.15, 0.2) is 0 Å². The standard InChI is InChI=1S/C28H24ClF3N4O3S/c1-19-15-21(20(2)36(19)22-9-5-3-6-10-22)17-33-34-27(37)18-35(40(38,39)24-11-7-4-8-12-24)23-13-14-26(29)25(16-23)28(30,31)32/h3-17H,18H2,1-2H3,(H,34,37)/b33-17-. The third-order valence-electron chi connectivity index (χ3n) is 6.04. The Morgan fingerprint density at radius 1 is 1.00 bits per heavy atom. The second-order valence-electron chi connectivity index (χ2n) is 8.78. The van der Waals surface area contributed by atoms with Crippen LogP contribution in [0.3, 0.4) is 0 Å². The van der Waals surface area contributed by atoms with E-state index >= 15 is 0 Å². The van der Waals surface area contributed by atoms with Gasteiger partial charge in [-0.2, -0.15) is 18.3 Å². The number of carbonyl (C=O) groups excluding carboxylic acids is 1. The van der Waals surface area contributed by atoms with Crippen LogP contribution in [0.25, 0.3) is 5.69 Å². The van der Waals surface area contributed by atoms with Gasteiger partial charge in [-0.05, 0) is 62.4 Å². The van der Waals surface area contributed by atoms with Crippen molar-refractivity contribution < 1.29 is 26.4 Å². The van der Waals surface area contributed by atoms with Gasteiger partial charge in [-0.3, -0.25) is 9.10 Å². The Kier molecular flexibility index (Phi) is 8.36. The largest absolute Gasteiger partial charge is 0.417 e. The lowest BCUT2D eigenvalue weighted by Gasteiger charge is -2.24. The number of sulfonamides is 1. The molecule has 0 spiro atoms. The van der Waals surface area contributed by atoms with Crippen LogP contribution in [0.15, 0.2) is 94.9 Å². The van der Waals surface area contributed by atoms with E-state index in [9.17, 15) is 26.4 Å². The van der Waals surface area contributed by atoms with Crippen molar-refractivity contribution in [3.8, 4) is 5.69 Å². The Balaban J connectivity index is 1.61. The number of aromatic nitrogens is 1. The lowest BCUT2D eigenvalue weighted by Crippen LogP contribution is -2.39. The number of anilines is 1. The molecule has 1 aromatic heterocycles. The highest BCUT2D eigenvalue weighted by molar-refractivity contribution is 7.92. The summed E-state index contributed by atoms with van der Waals surface area (Å²) in [7, 11) is -4.43. The Morgan fingerprint density at radius 2 is 1.62 bits per heavy atom. The van der Waals surface area contributed by atoms with E-state index < -0.39 is 39.2 Å². The zero-order chi connectivity index (χ0) is 29.1. The van der Waals surface area contributed by atoms with Gasteiger partial charge >= 0.3 is 6.18 Å². The summed E-state index contributed by atoms with van der Waals surface area (Å²) >= 11 is 5.73. The molecule has 7 nitrogen and oxygen atoms in total. The smallest absolute Gasteiger partial charge is 0.318 e. The highest BCUT2D eigenvalue weighted by atomic mass is 35.5. The van der Waals surface area contributed by atoms with Crippen molar-refractivity contribution in [2.75, 3.05) is 10.8 Å². The monoisotopic (exact) mass is 588 g/mol. The first-order valence-corrected chi connectivity index (χ1v) is 13.7. The first-order valence-electron chi connectivity index (χ1n) is 11.9. The third-order valence-corrected chi connectivity index (χ3v) is 8.16. The average molecular weight is 589 g/mol. The topological polar surface area (TPSA) is 83.8 Å². The molecule has 0 saturated heterocycles. The Hall–Kier alpha value is -4.09. The first kappa shape index (κ1) is 28.9. The number of hydrazone groups is 1. The number of carbonyl (C=O) groups is 1. The number of nitrogens with zero attached hydrogens (tertiary/aromatic N) is 3. The number of benzene rings is 3. The molecule has 0 atom stereocenters. The summed E-state index contributed by atoms with van der Waals surface area (Å²) in [5.74, 6) is -0.865. The molecule has 0 aliphatic heterocycles. The fraction of sp³-hybridized carbons (Fsp3) is 0.143. The first-order chi connectivity index (χ1) is 18.9. The molecule has 12 heteroatoms. The van der Waals surface area contributed by atoms with Crippen LogP contribution < -0.4 is 9.73 Å². The van der Waals surface area contributed by atoms with Crippen molar-refractivity contribution in [3.05, 3.63) is 112 Å². The average Bonchev–Trinajstić information content (AvgIpc) is 3.20. The van der Waals surface area contributed by atoms with Crippen LogP contribution in [0.5, 0.6) is 0 Å². The number of halogens is 4. The molecule has 3 aromatic carbocycles. The Morgan fingerprint density at radius 3 is 2.25 bits per heavy atom. The molecule has 4 rings (SSSR count). The lowest BCUT2D eigenvalue weighted by molar-refractivity contribution is -0.137. The summed E-state index contributed by atoms with van der Waals surface area (Å²) in [6, 6.07) is 21.2. The number of amides is 1. The highest BCUT2D eigenvalue weighted by Gasteiger charge is 2.35. The molecular formula is C28H24ClF3N4O3S. The maximum Gasteiger partial charge on any atom is 0.417 e. The molecule has 40 heavy (non-hydrogen) atoms. The van der Waals surface area contributed by atoms with E-state index in [1.54, 1.807) is 6.07 Å². The van der Waals surface area contributed by atoms with Gasteiger partial charge in [0, 0.05) is 22.6 Å². The molecule has 0 bridgehead atoms. The summed E-state index contributed by atoms with van der Waals surface area (Å²) < 4.78 is 70.0. The van der Waals surface area contributed by atoms with E-state index in [1.165, 1.54) is 30.5 Å². The zero-order valence-corrected chi connectivity index (χ0v) is 22.9. The number of alkyl halides is 3. The molecule has 0 saturated carbocycles. The van der Waals surface area contributed by atoms with Crippen LogP contribution in [-0.2, 0) is 21.0 Å². The number of para-hydroxylation sites is 1. The van der Waals surface area contributed by atoms with Gasteiger partial charge in [0.05, 0.1) is 27.4 Å². The van der Waals surface area contributed by atoms with E-state index in [4.69, 9.17) is 11.6 Å². The molecule has 4 aromatic rings. The fourth-order valence-corrected chi connectivity index (χ4v) is 5.81. The van der Waals surface area contributed by atoms with Crippen LogP contribution in [0.2, 0.25) is 5.02 Å². The summed E-state index contributed by atoms with van der Waals surface area (Å²) in [5, 5.41) is 3.36. The normalized spacial score (nSPS) is 12.1. The summed E-state index contributed by atoms with van der Waals surface area (Å²) in [6.07, 6.45) is -3.42. The van der Waals surface area contributed by atoms with Crippen LogP contribution in [0.4, 0.5) is 18.9 Å². The maximum absolute atomic E-state index is 13.5. The number of nitrogens with one attached hydrogen (secondary N) is 1. The van der Waals surface area contributed by atoms with Crippen LogP contribution in [0.1, 0.15) is 22.5 Å². The van der Waals surface area contributed by atoms with Crippen LogP contribution in [-0.4, -0.2) is 31.7 Å².